The first-order chi connectivity index (χ1) is 9.22. The molecule has 0 aromatic carbocycles. The lowest BCUT2D eigenvalue weighted by molar-refractivity contribution is -0.262. The molecule has 0 aromatic heterocycles. The standard InChI is InChI=1S/C18H30O2/c1-15(2)9-7-10-16(3)11-8-12-18(6)19-13-17(4,5)14-20-18/h8-9,11-12H,7,10,13-14H2,1-6H3/b12-8-,16-11-. The van der Waals surface area contributed by atoms with Crippen molar-refractivity contribution in [2.24, 2.45) is 5.41 Å². The Bertz CT molecular complexity index is 386. The Hall–Kier alpha value is -0.860. The lowest BCUT2D eigenvalue weighted by atomic mass is 9.95. The molecule has 1 aliphatic heterocycles. The molecule has 1 saturated heterocycles. The monoisotopic (exact) mass is 278 g/mol. The van der Waals surface area contributed by atoms with E-state index in [1.807, 2.05) is 13.0 Å². The second-order valence-corrected chi connectivity index (χ2v) is 6.95. The molecule has 0 spiro atoms. The summed E-state index contributed by atoms with van der Waals surface area (Å²) in [7, 11) is 0. The molecule has 2 nitrogen and oxygen atoms in total. The van der Waals surface area contributed by atoms with Crippen molar-refractivity contribution >= 4 is 0 Å². The summed E-state index contributed by atoms with van der Waals surface area (Å²) >= 11 is 0. The van der Waals surface area contributed by atoms with E-state index in [4.69, 9.17) is 9.47 Å². The van der Waals surface area contributed by atoms with Crippen LogP contribution in [-0.2, 0) is 9.47 Å². The summed E-state index contributed by atoms with van der Waals surface area (Å²) in [5, 5.41) is 0. The van der Waals surface area contributed by atoms with Crippen molar-refractivity contribution in [3.63, 3.8) is 0 Å². The lowest BCUT2D eigenvalue weighted by Gasteiger charge is -2.39. The van der Waals surface area contributed by atoms with Crippen LogP contribution in [0.3, 0.4) is 0 Å². The third kappa shape index (κ3) is 6.53. The Morgan fingerprint density at radius 2 is 1.65 bits per heavy atom. The van der Waals surface area contributed by atoms with Crippen molar-refractivity contribution in [2.45, 2.75) is 60.2 Å². The fraction of sp³-hybridized carbons (Fsp3) is 0.667. The summed E-state index contributed by atoms with van der Waals surface area (Å²) < 4.78 is 11.7. The number of hydrogen-bond donors (Lipinski definition) is 0. The van der Waals surface area contributed by atoms with E-state index in [-0.39, 0.29) is 5.41 Å². The SMILES string of the molecule is CC(C)=CCC/C(C)=C\C=C/C1(C)OCC(C)(C)CO1. The maximum Gasteiger partial charge on any atom is 0.185 e. The van der Waals surface area contributed by atoms with Crippen molar-refractivity contribution in [2.75, 3.05) is 13.2 Å². The van der Waals surface area contributed by atoms with E-state index >= 15 is 0 Å². The first-order valence-corrected chi connectivity index (χ1v) is 7.49. The number of ether oxygens (including phenoxy) is 2. The summed E-state index contributed by atoms with van der Waals surface area (Å²) in [6.45, 7) is 14.2. The van der Waals surface area contributed by atoms with Gasteiger partial charge in [0.15, 0.2) is 5.79 Å². The minimum Gasteiger partial charge on any atom is -0.346 e. The molecule has 20 heavy (non-hydrogen) atoms. The molecule has 1 rings (SSSR count). The maximum atomic E-state index is 5.83. The van der Waals surface area contributed by atoms with Crippen LogP contribution >= 0.6 is 0 Å². The zero-order valence-electron chi connectivity index (χ0n) is 14.0. The average Bonchev–Trinajstić information content (AvgIpc) is 2.33. The van der Waals surface area contributed by atoms with Gasteiger partial charge in [-0.2, -0.15) is 0 Å². The molecule has 1 heterocycles. The molecule has 0 radical (unpaired) electrons. The molecule has 0 saturated carbocycles. The molecule has 0 aromatic rings. The highest BCUT2D eigenvalue weighted by atomic mass is 16.7. The van der Waals surface area contributed by atoms with Gasteiger partial charge >= 0.3 is 0 Å². The van der Waals surface area contributed by atoms with Gasteiger partial charge in [0.1, 0.15) is 0 Å². The van der Waals surface area contributed by atoms with Crippen LogP contribution in [-0.4, -0.2) is 19.0 Å². The van der Waals surface area contributed by atoms with Crippen molar-refractivity contribution in [1.29, 1.82) is 0 Å². The van der Waals surface area contributed by atoms with E-state index in [2.05, 4.69) is 52.8 Å². The lowest BCUT2D eigenvalue weighted by Crippen LogP contribution is -2.44. The Labute approximate surface area is 124 Å². The zero-order valence-corrected chi connectivity index (χ0v) is 14.0. The topological polar surface area (TPSA) is 18.5 Å². The van der Waals surface area contributed by atoms with Gasteiger partial charge < -0.3 is 9.47 Å². The van der Waals surface area contributed by atoms with Crippen LogP contribution in [0, 0.1) is 5.41 Å². The zero-order chi connectivity index (χ0) is 15.2. The number of hydrogen-bond acceptors (Lipinski definition) is 2. The van der Waals surface area contributed by atoms with Crippen molar-refractivity contribution in [3.8, 4) is 0 Å². The number of allylic oxidation sites excluding steroid dienone is 5. The Kier molecular flexibility index (Phi) is 6.22. The van der Waals surface area contributed by atoms with Crippen LogP contribution in [0.5, 0.6) is 0 Å². The van der Waals surface area contributed by atoms with E-state index in [0.29, 0.717) is 0 Å². The van der Waals surface area contributed by atoms with Gasteiger partial charge in [0, 0.05) is 5.41 Å². The second kappa shape index (κ2) is 7.24. The normalized spacial score (nSPS) is 22.0. The minimum absolute atomic E-state index is 0.115. The first-order valence-electron chi connectivity index (χ1n) is 7.49. The quantitative estimate of drug-likeness (QED) is 0.519. The van der Waals surface area contributed by atoms with Crippen molar-refractivity contribution in [3.05, 3.63) is 35.5 Å². The van der Waals surface area contributed by atoms with E-state index in [1.54, 1.807) is 0 Å². The molecule has 1 fully saturated rings. The van der Waals surface area contributed by atoms with Crippen LogP contribution in [0.1, 0.15) is 54.4 Å². The summed E-state index contributed by atoms with van der Waals surface area (Å²) in [4.78, 5) is 0. The highest BCUT2D eigenvalue weighted by Gasteiger charge is 2.34. The minimum atomic E-state index is -0.577. The second-order valence-electron chi connectivity index (χ2n) is 6.95. The molecule has 0 aliphatic carbocycles. The van der Waals surface area contributed by atoms with Crippen LogP contribution in [0.15, 0.2) is 35.5 Å². The summed E-state index contributed by atoms with van der Waals surface area (Å²) in [6, 6.07) is 0. The molecule has 0 unspecified atom stereocenters. The maximum absolute atomic E-state index is 5.83. The van der Waals surface area contributed by atoms with E-state index in [0.717, 1.165) is 26.1 Å². The van der Waals surface area contributed by atoms with E-state index < -0.39 is 5.79 Å². The van der Waals surface area contributed by atoms with Gasteiger partial charge in [0.25, 0.3) is 0 Å². The highest BCUT2D eigenvalue weighted by molar-refractivity contribution is 5.14. The van der Waals surface area contributed by atoms with Gasteiger partial charge in [-0.3, -0.25) is 0 Å². The third-order valence-electron chi connectivity index (χ3n) is 3.37. The Morgan fingerprint density at radius 1 is 1.05 bits per heavy atom. The fourth-order valence-corrected chi connectivity index (χ4v) is 1.92. The molecule has 0 bridgehead atoms. The smallest absolute Gasteiger partial charge is 0.185 e. The van der Waals surface area contributed by atoms with Crippen LogP contribution in [0.25, 0.3) is 0 Å². The molecular weight excluding hydrogens is 248 g/mol. The van der Waals surface area contributed by atoms with E-state index in [1.165, 1.54) is 11.1 Å². The Morgan fingerprint density at radius 3 is 2.20 bits per heavy atom. The summed E-state index contributed by atoms with van der Waals surface area (Å²) in [5.41, 5.74) is 2.87. The van der Waals surface area contributed by atoms with Crippen molar-refractivity contribution < 1.29 is 9.47 Å². The van der Waals surface area contributed by atoms with Gasteiger partial charge in [-0.1, -0.05) is 43.2 Å². The molecule has 2 heteroatoms. The van der Waals surface area contributed by atoms with Gasteiger partial charge in [-0.15, -0.1) is 0 Å². The molecule has 0 atom stereocenters. The van der Waals surface area contributed by atoms with Crippen LogP contribution in [0.2, 0.25) is 0 Å². The molecule has 0 amide bonds. The number of rotatable bonds is 5. The van der Waals surface area contributed by atoms with Crippen LogP contribution in [0.4, 0.5) is 0 Å². The predicted molar refractivity (Wildman–Crippen MR) is 85.7 cm³/mol. The van der Waals surface area contributed by atoms with E-state index in [9.17, 15) is 0 Å². The molecule has 114 valence electrons. The highest BCUT2D eigenvalue weighted by Crippen LogP contribution is 2.29. The van der Waals surface area contributed by atoms with Crippen molar-refractivity contribution in [1.82, 2.24) is 0 Å². The van der Waals surface area contributed by atoms with Crippen LogP contribution < -0.4 is 0 Å². The van der Waals surface area contributed by atoms with Gasteiger partial charge in [-0.25, -0.2) is 0 Å². The Balaban J connectivity index is 2.45. The largest absolute Gasteiger partial charge is 0.346 e. The summed E-state index contributed by atoms with van der Waals surface area (Å²) in [5.74, 6) is -0.577. The molecular formula is C18H30O2. The fourth-order valence-electron chi connectivity index (χ4n) is 1.92. The molecule has 1 aliphatic rings. The molecule has 0 N–H and O–H groups in total. The predicted octanol–water partition coefficient (Wildman–Crippen LogP) is 5.02. The van der Waals surface area contributed by atoms with Gasteiger partial charge in [0.2, 0.25) is 0 Å². The third-order valence-corrected chi connectivity index (χ3v) is 3.37. The average molecular weight is 278 g/mol. The van der Waals surface area contributed by atoms with Gasteiger partial charge in [-0.05, 0) is 46.6 Å². The first kappa shape index (κ1) is 17.2. The van der Waals surface area contributed by atoms with Gasteiger partial charge in [0.05, 0.1) is 13.2 Å². The summed E-state index contributed by atoms with van der Waals surface area (Å²) in [6.07, 6.45) is 10.7.